The summed E-state index contributed by atoms with van der Waals surface area (Å²) in [6.45, 7) is 0. The highest BCUT2D eigenvalue weighted by molar-refractivity contribution is 6.80. The number of halogens is 9. The molecule has 0 saturated carbocycles. The summed E-state index contributed by atoms with van der Waals surface area (Å²) in [6.07, 6.45) is 0. The van der Waals surface area contributed by atoms with Crippen LogP contribution in [0.3, 0.4) is 0 Å². The number of phenolic OH excluding ortho intramolecular Hbond substituents is 1. The third-order valence-corrected chi connectivity index (χ3v) is 8.84. The molecule has 0 spiro atoms. The quantitative estimate of drug-likeness (QED) is 0.417. The Kier molecular flexibility index (Phi) is 6.18. The average Bonchev–Trinajstić information content (AvgIpc) is 2.45. The van der Waals surface area contributed by atoms with Crippen molar-refractivity contribution in [2.24, 2.45) is 0 Å². The van der Waals surface area contributed by atoms with Crippen molar-refractivity contribution in [1.29, 1.82) is 0 Å². The zero-order valence-corrected chi connectivity index (χ0v) is 18.1. The highest BCUT2D eigenvalue weighted by Gasteiger charge is 2.68. The van der Waals surface area contributed by atoms with E-state index < -0.39 is 16.8 Å². The Morgan fingerprint density at radius 2 is 1.29 bits per heavy atom. The van der Waals surface area contributed by atoms with Gasteiger partial charge < -0.3 is 5.11 Å². The van der Waals surface area contributed by atoms with E-state index in [1.54, 1.807) is 24.3 Å². The Morgan fingerprint density at radius 1 is 0.708 bits per heavy atom. The smallest absolute Gasteiger partial charge is 0.226 e. The molecular formula is C14H7Cl9O. The molecule has 0 amide bonds. The normalized spacial score (nSPS) is 14.2. The molecule has 2 aromatic rings. The number of aromatic hydroxyl groups is 1. The number of phenols is 1. The summed E-state index contributed by atoms with van der Waals surface area (Å²) in [6, 6.07) is 9.57. The molecule has 0 bridgehead atoms. The van der Waals surface area contributed by atoms with Crippen molar-refractivity contribution in [2.75, 3.05) is 0 Å². The van der Waals surface area contributed by atoms with Crippen LogP contribution in [0.25, 0.3) is 10.8 Å². The lowest BCUT2D eigenvalue weighted by atomic mass is 10.0. The van der Waals surface area contributed by atoms with E-state index in [1.807, 2.05) is 0 Å². The minimum absolute atomic E-state index is 0.0853. The van der Waals surface area contributed by atoms with Gasteiger partial charge in [0.2, 0.25) is 8.13 Å². The van der Waals surface area contributed by atoms with Crippen molar-refractivity contribution < 1.29 is 5.11 Å². The van der Waals surface area contributed by atoms with E-state index in [-0.39, 0.29) is 11.3 Å². The van der Waals surface area contributed by atoms with Crippen LogP contribution in [0.2, 0.25) is 0 Å². The predicted octanol–water partition coefficient (Wildman–Crippen LogP) is 7.89. The molecule has 0 aliphatic carbocycles. The van der Waals surface area contributed by atoms with E-state index in [2.05, 4.69) is 0 Å². The lowest BCUT2D eigenvalue weighted by Gasteiger charge is -2.44. The van der Waals surface area contributed by atoms with Crippen molar-refractivity contribution in [3.05, 3.63) is 42.0 Å². The first kappa shape index (κ1) is 21.4. The summed E-state index contributed by atoms with van der Waals surface area (Å²) in [7, 11) is 0. The fourth-order valence-corrected chi connectivity index (χ4v) is 4.23. The lowest BCUT2D eigenvalue weighted by Crippen LogP contribution is -2.54. The van der Waals surface area contributed by atoms with Crippen molar-refractivity contribution >= 4 is 115 Å². The van der Waals surface area contributed by atoms with Crippen molar-refractivity contribution in [1.82, 2.24) is 0 Å². The molecule has 1 nitrogen and oxygen atoms in total. The standard InChI is InChI=1S/C14H7Cl9O/c15-11(16,12(17,18)13(19,20)14(21,22)23)8-4-5-9-7(6-8)2-1-3-10(9)24/h1-6,24H. The maximum atomic E-state index is 9.85. The maximum Gasteiger partial charge on any atom is 0.226 e. The monoisotopic (exact) mass is 506 g/mol. The van der Waals surface area contributed by atoms with E-state index in [9.17, 15) is 5.11 Å². The zero-order valence-electron chi connectivity index (χ0n) is 11.3. The van der Waals surface area contributed by atoms with Gasteiger partial charge in [-0.15, -0.1) is 0 Å². The molecule has 0 fully saturated rings. The highest BCUT2D eigenvalue weighted by atomic mass is 35.6. The second-order valence-electron chi connectivity index (χ2n) is 4.93. The molecule has 0 atom stereocenters. The topological polar surface area (TPSA) is 20.2 Å². The number of hydrogen-bond acceptors (Lipinski definition) is 1. The third kappa shape index (κ3) is 3.46. The summed E-state index contributed by atoms with van der Waals surface area (Å²) in [5, 5.41) is 11.1. The van der Waals surface area contributed by atoms with E-state index in [1.165, 1.54) is 12.1 Å². The molecule has 0 heterocycles. The predicted molar refractivity (Wildman–Crippen MR) is 108 cm³/mol. The van der Waals surface area contributed by atoms with E-state index in [0.29, 0.717) is 10.8 Å². The number of benzene rings is 2. The molecule has 24 heavy (non-hydrogen) atoms. The molecule has 2 aromatic carbocycles. The fraction of sp³-hybridized carbons (Fsp3) is 0.286. The summed E-state index contributed by atoms with van der Waals surface area (Å²) in [5.74, 6) is 0.0853. The summed E-state index contributed by atoms with van der Waals surface area (Å²) in [5.41, 5.74) is 0.244. The van der Waals surface area contributed by atoms with Crippen LogP contribution in [0.15, 0.2) is 36.4 Å². The van der Waals surface area contributed by atoms with Gasteiger partial charge in [0, 0.05) is 5.39 Å². The van der Waals surface area contributed by atoms with E-state index in [0.717, 1.165) is 0 Å². The van der Waals surface area contributed by atoms with Gasteiger partial charge in [-0.2, -0.15) is 0 Å². The molecule has 0 aliphatic heterocycles. The Labute approximate surface area is 183 Å². The number of rotatable bonds is 3. The van der Waals surface area contributed by atoms with Crippen molar-refractivity contribution in [3.8, 4) is 5.75 Å². The molecule has 132 valence electrons. The Morgan fingerprint density at radius 3 is 1.83 bits per heavy atom. The SMILES string of the molecule is Oc1cccc2cc(C(Cl)(Cl)C(Cl)(Cl)C(Cl)(Cl)C(Cl)(Cl)Cl)ccc12. The second kappa shape index (κ2) is 6.93. The van der Waals surface area contributed by atoms with Crippen LogP contribution in [0, 0.1) is 0 Å². The van der Waals surface area contributed by atoms with Gasteiger partial charge in [0.25, 0.3) is 0 Å². The molecular weight excluding hydrogens is 503 g/mol. The first-order valence-electron chi connectivity index (χ1n) is 6.16. The molecule has 2 rings (SSSR count). The maximum absolute atomic E-state index is 9.85. The van der Waals surface area contributed by atoms with Crippen LogP contribution in [0.1, 0.15) is 5.56 Å². The van der Waals surface area contributed by atoms with Crippen molar-refractivity contribution in [3.63, 3.8) is 0 Å². The van der Waals surface area contributed by atoms with Gasteiger partial charge in [-0.05, 0) is 23.1 Å². The minimum Gasteiger partial charge on any atom is -0.507 e. The third-order valence-electron chi connectivity index (χ3n) is 3.36. The fourth-order valence-electron chi connectivity index (χ4n) is 2.02. The molecule has 1 N–H and O–H groups in total. The largest absolute Gasteiger partial charge is 0.507 e. The summed E-state index contributed by atoms with van der Waals surface area (Å²) in [4.78, 5) is 0. The van der Waals surface area contributed by atoms with Gasteiger partial charge in [0.15, 0.2) is 8.67 Å². The van der Waals surface area contributed by atoms with Gasteiger partial charge in [-0.1, -0.05) is 129 Å². The Balaban J connectivity index is 2.61. The lowest BCUT2D eigenvalue weighted by molar-refractivity contribution is 0.481. The van der Waals surface area contributed by atoms with E-state index in [4.69, 9.17) is 104 Å². The van der Waals surface area contributed by atoms with Crippen LogP contribution >= 0.6 is 104 Å². The summed E-state index contributed by atoms with van der Waals surface area (Å²) >= 11 is 54.7. The Bertz CT molecular complexity index is 764. The molecule has 0 unspecified atom stereocenters. The molecule has 0 aromatic heterocycles. The van der Waals surface area contributed by atoms with Crippen LogP contribution in [-0.2, 0) is 4.33 Å². The molecule has 10 heteroatoms. The zero-order chi connectivity index (χ0) is 18.6. The number of alkyl halides is 9. The Hall–Kier alpha value is 1.11. The molecule has 0 aliphatic rings. The first-order valence-corrected chi connectivity index (χ1v) is 9.56. The average molecular weight is 510 g/mol. The van der Waals surface area contributed by atoms with E-state index >= 15 is 0 Å². The number of fused-ring (bicyclic) bond motifs is 1. The van der Waals surface area contributed by atoms with Crippen molar-refractivity contribution in [2.45, 2.75) is 16.8 Å². The molecule has 0 saturated heterocycles. The van der Waals surface area contributed by atoms with Gasteiger partial charge in [-0.25, -0.2) is 0 Å². The van der Waals surface area contributed by atoms with Crippen LogP contribution in [0.5, 0.6) is 5.75 Å². The first-order chi connectivity index (χ1) is 10.7. The summed E-state index contributed by atoms with van der Waals surface area (Å²) < 4.78 is -9.01. The molecule has 0 radical (unpaired) electrons. The van der Waals surface area contributed by atoms with Gasteiger partial charge in [0.05, 0.1) is 0 Å². The van der Waals surface area contributed by atoms with Gasteiger partial charge in [0.1, 0.15) is 5.75 Å². The van der Waals surface area contributed by atoms with Crippen LogP contribution < -0.4 is 0 Å². The highest BCUT2D eigenvalue weighted by Crippen LogP contribution is 2.65. The minimum atomic E-state index is -2.36. The second-order valence-corrected chi connectivity index (χ2v) is 11.2. The van der Waals surface area contributed by atoms with Gasteiger partial charge in [-0.3, -0.25) is 0 Å². The van der Waals surface area contributed by atoms with Crippen LogP contribution in [0.4, 0.5) is 0 Å². The van der Waals surface area contributed by atoms with Gasteiger partial charge >= 0.3 is 0 Å². The number of hydrogen-bond donors (Lipinski definition) is 1. The van der Waals surface area contributed by atoms with Crippen LogP contribution in [-0.4, -0.2) is 17.6 Å².